The summed E-state index contributed by atoms with van der Waals surface area (Å²) in [6.45, 7) is 4.48. The van der Waals surface area contributed by atoms with Gasteiger partial charge in [0.1, 0.15) is 12.1 Å². The Morgan fingerprint density at radius 1 is 1.06 bits per heavy atom. The first-order chi connectivity index (χ1) is 16.7. The van der Waals surface area contributed by atoms with Crippen LogP contribution in [0.15, 0.2) is 36.4 Å². The summed E-state index contributed by atoms with van der Waals surface area (Å²) in [6, 6.07) is 5.60. The Hall–Kier alpha value is -3.16. The fourth-order valence-electron chi connectivity index (χ4n) is 5.46. The third-order valence-electron chi connectivity index (χ3n) is 7.30. The molecule has 2 saturated heterocycles. The summed E-state index contributed by atoms with van der Waals surface area (Å²) in [5.41, 5.74) is 1.46. The maximum absolute atomic E-state index is 13.7. The molecular weight excluding hydrogens is 444 g/mol. The number of nitrogens with zero attached hydrogens (tertiary/aromatic N) is 3. The molecule has 1 aromatic rings. The summed E-state index contributed by atoms with van der Waals surface area (Å²) < 4.78 is 0. The predicted octanol–water partition coefficient (Wildman–Crippen LogP) is 2.24. The second kappa shape index (κ2) is 10.2. The van der Waals surface area contributed by atoms with Crippen LogP contribution in [-0.2, 0) is 14.4 Å². The Kier molecular flexibility index (Phi) is 7.28. The Balaban J connectivity index is 1.47. The Labute approximate surface area is 207 Å². The van der Waals surface area contributed by atoms with Crippen LogP contribution in [0.2, 0.25) is 0 Å². The highest BCUT2D eigenvalue weighted by molar-refractivity contribution is 6.01. The van der Waals surface area contributed by atoms with E-state index < -0.39 is 12.1 Å². The zero-order valence-electron chi connectivity index (χ0n) is 21.1. The van der Waals surface area contributed by atoms with Crippen LogP contribution < -0.4 is 10.2 Å². The summed E-state index contributed by atoms with van der Waals surface area (Å²) in [6.07, 6.45) is 6.50. The van der Waals surface area contributed by atoms with Gasteiger partial charge in [0.25, 0.3) is 5.91 Å². The molecule has 0 radical (unpaired) electrons. The van der Waals surface area contributed by atoms with E-state index in [0.29, 0.717) is 37.8 Å². The molecule has 0 saturated carbocycles. The van der Waals surface area contributed by atoms with Crippen molar-refractivity contribution < 1.29 is 19.2 Å². The van der Waals surface area contributed by atoms with E-state index in [9.17, 15) is 19.2 Å². The lowest BCUT2D eigenvalue weighted by atomic mass is 10.0. The number of allylic oxidation sites excluding steroid dienone is 2. The number of fused-ring (bicyclic) bond motifs is 1. The third kappa shape index (κ3) is 5.11. The van der Waals surface area contributed by atoms with Gasteiger partial charge in [0.05, 0.1) is 12.6 Å². The van der Waals surface area contributed by atoms with Gasteiger partial charge in [0.15, 0.2) is 5.78 Å². The summed E-state index contributed by atoms with van der Waals surface area (Å²) in [5, 5.41) is 2.92. The van der Waals surface area contributed by atoms with E-state index in [-0.39, 0.29) is 47.9 Å². The van der Waals surface area contributed by atoms with Gasteiger partial charge in [-0.1, -0.05) is 26.0 Å². The van der Waals surface area contributed by atoms with Gasteiger partial charge in [-0.15, -0.1) is 0 Å². The van der Waals surface area contributed by atoms with Gasteiger partial charge in [-0.3, -0.25) is 19.2 Å². The number of carbonyl (C=O) groups is 4. The predicted molar refractivity (Wildman–Crippen MR) is 134 cm³/mol. The molecule has 2 aliphatic heterocycles. The molecule has 8 heteroatoms. The minimum absolute atomic E-state index is 0.0124. The van der Waals surface area contributed by atoms with Gasteiger partial charge in [-0.25, -0.2) is 0 Å². The van der Waals surface area contributed by atoms with Crippen LogP contribution in [0.1, 0.15) is 49.9 Å². The number of nitrogens with one attached hydrogen (secondary N) is 1. The van der Waals surface area contributed by atoms with Crippen LogP contribution in [0.25, 0.3) is 0 Å². The number of benzene rings is 1. The van der Waals surface area contributed by atoms with Crippen LogP contribution in [0.4, 0.5) is 5.69 Å². The molecule has 3 amide bonds. The third-order valence-corrected chi connectivity index (χ3v) is 7.30. The van der Waals surface area contributed by atoms with Crippen LogP contribution in [0.3, 0.4) is 0 Å². The minimum atomic E-state index is -0.730. The van der Waals surface area contributed by atoms with Gasteiger partial charge in [0.2, 0.25) is 11.8 Å². The second-order valence-corrected chi connectivity index (χ2v) is 10.5. The SMILES string of the molecule is CC(C)C[C@H](NC(=O)c1ccc(N(C)C)cc1)C(=O)N1CCC2[C@H]1C(=O)CN2C(=O)C1CC=CC1. The van der Waals surface area contributed by atoms with Crippen molar-refractivity contribution in [3.63, 3.8) is 0 Å². The van der Waals surface area contributed by atoms with E-state index >= 15 is 0 Å². The Morgan fingerprint density at radius 3 is 2.31 bits per heavy atom. The maximum Gasteiger partial charge on any atom is 0.251 e. The van der Waals surface area contributed by atoms with Crippen LogP contribution in [-0.4, -0.2) is 78.6 Å². The molecule has 3 atom stereocenters. The minimum Gasteiger partial charge on any atom is -0.378 e. The molecule has 0 bridgehead atoms. The number of Topliss-reactive ketones (excluding diaryl/α,β-unsaturated/α-hetero) is 1. The van der Waals surface area contributed by atoms with Crippen molar-refractivity contribution >= 4 is 29.2 Å². The van der Waals surface area contributed by atoms with Crippen molar-refractivity contribution in [3.8, 4) is 0 Å². The van der Waals surface area contributed by atoms with Crippen LogP contribution in [0.5, 0.6) is 0 Å². The fraction of sp³-hybridized carbons (Fsp3) is 0.556. The topological polar surface area (TPSA) is 90.0 Å². The first-order valence-electron chi connectivity index (χ1n) is 12.5. The summed E-state index contributed by atoms with van der Waals surface area (Å²) >= 11 is 0. The zero-order valence-corrected chi connectivity index (χ0v) is 21.1. The van der Waals surface area contributed by atoms with Gasteiger partial charge in [-0.05, 0) is 55.9 Å². The van der Waals surface area contributed by atoms with Crippen molar-refractivity contribution in [2.24, 2.45) is 11.8 Å². The lowest BCUT2D eigenvalue weighted by Crippen LogP contribution is -2.53. The Bertz CT molecular complexity index is 1010. The highest BCUT2D eigenvalue weighted by Gasteiger charge is 2.52. The van der Waals surface area contributed by atoms with E-state index in [2.05, 4.69) is 5.32 Å². The summed E-state index contributed by atoms with van der Waals surface area (Å²) in [4.78, 5) is 57.9. The molecule has 1 aromatic carbocycles. The molecule has 2 fully saturated rings. The number of hydrogen-bond donors (Lipinski definition) is 1. The second-order valence-electron chi connectivity index (χ2n) is 10.5. The van der Waals surface area contributed by atoms with E-state index in [1.807, 2.05) is 57.1 Å². The number of amides is 3. The molecule has 35 heavy (non-hydrogen) atoms. The van der Waals surface area contributed by atoms with Gasteiger partial charge in [0, 0.05) is 37.8 Å². The average Bonchev–Trinajstić information content (AvgIpc) is 3.56. The normalized spacial score (nSPS) is 22.6. The summed E-state index contributed by atoms with van der Waals surface area (Å²) in [7, 11) is 3.86. The average molecular weight is 481 g/mol. The van der Waals surface area contributed by atoms with Gasteiger partial charge < -0.3 is 20.0 Å². The van der Waals surface area contributed by atoms with Crippen LogP contribution >= 0.6 is 0 Å². The molecule has 4 rings (SSSR count). The van der Waals surface area contributed by atoms with E-state index in [4.69, 9.17) is 0 Å². The number of carbonyl (C=O) groups excluding carboxylic acids is 4. The molecule has 2 heterocycles. The van der Waals surface area contributed by atoms with Crippen molar-refractivity contribution in [2.45, 2.75) is 57.7 Å². The Morgan fingerprint density at radius 2 is 1.71 bits per heavy atom. The zero-order chi connectivity index (χ0) is 25.3. The molecule has 3 aliphatic rings. The molecular formula is C27H36N4O4. The molecule has 1 N–H and O–H groups in total. The fourth-order valence-corrected chi connectivity index (χ4v) is 5.46. The smallest absolute Gasteiger partial charge is 0.251 e. The highest BCUT2D eigenvalue weighted by Crippen LogP contribution is 2.33. The van der Waals surface area contributed by atoms with Crippen molar-refractivity contribution in [2.75, 3.05) is 32.1 Å². The molecule has 0 spiro atoms. The molecule has 188 valence electrons. The quantitative estimate of drug-likeness (QED) is 0.605. The van der Waals surface area contributed by atoms with Gasteiger partial charge >= 0.3 is 0 Å². The van der Waals surface area contributed by atoms with Crippen LogP contribution in [0, 0.1) is 11.8 Å². The van der Waals surface area contributed by atoms with Gasteiger partial charge in [-0.2, -0.15) is 0 Å². The largest absolute Gasteiger partial charge is 0.378 e. The number of ketones is 1. The number of rotatable bonds is 7. The molecule has 1 unspecified atom stereocenters. The van der Waals surface area contributed by atoms with E-state index in [1.165, 1.54) is 0 Å². The highest BCUT2D eigenvalue weighted by atomic mass is 16.2. The first kappa shape index (κ1) is 24.9. The standard InChI is InChI=1S/C27H36N4O4/c1-17(2)15-21(28-25(33)18-9-11-20(12-10-18)29(3)4)27(35)30-14-13-22-24(30)23(32)16-31(22)26(34)19-7-5-6-8-19/h5-6,9-12,17,19,21-22,24H,7-8,13-16H2,1-4H3,(H,28,33)/t21-,22?,24-/m0/s1. The van der Waals surface area contributed by atoms with E-state index in [0.717, 1.165) is 5.69 Å². The lowest BCUT2D eigenvalue weighted by molar-refractivity contribution is -0.138. The van der Waals surface area contributed by atoms with E-state index in [1.54, 1.807) is 21.9 Å². The molecule has 8 nitrogen and oxygen atoms in total. The molecule has 1 aliphatic carbocycles. The number of anilines is 1. The molecule has 0 aromatic heterocycles. The lowest BCUT2D eigenvalue weighted by Gasteiger charge is -2.29. The monoisotopic (exact) mass is 480 g/mol. The van der Waals surface area contributed by atoms with Crippen molar-refractivity contribution in [3.05, 3.63) is 42.0 Å². The van der Waals surface area contributed by atoms with Crippen molar-refractivity contribution in [1.82, 2.24) is 15.1 Å². The maximum atomic E-state index is 13.7. The number of hydrogen-bond acceptors (Lipinski definition) is 5. The summed E-state index contributed by atoms with van der Waals surface area (Å²) in [5.74, 6) is -0.556. The first-order valence-corrected chi connectivity index (χ1v) is 12.5. The van der Waals surface area contributed by atoms with Crippen molar-refractivity contribution in [1.29, 1.82) is 0 Å². The number of likely N-dealkylation sites (tertiary alicyclic amines) is 2.